The monoisotopic (exact) mass is 415 g/mol. The van der Waals surface area contributed by atoms with Crippen molar-refractivity contribution in [1.82, 2.24) is 19.5 Å². The molecule has 4 heterocycles. The molecule has 0 amide bonds. The second kappa shape index (κ2) is 7.56. The molecule has 3 aromatic rings. The van der Waals surface area contributed by atoms with Crippen LogP contribution >= 0.6 is 0 Å². The van der Waals surface area contributed by atoms with Crippen LogP contribution in [0.1, 0.15) is 11.8 Å². The van der Waals surface area contributed by atoms with Crippen LogP contribution in [0.3, 0.4) is 0 Å². The molecule has 10 nitrogen and oxygen atoms in total. The van der Waals surface area contributed by atoms with Crippen molar-refractivity contribution in [1.29, 1.82) is 0 Å². The Hall–Kier alpha value is -2.64. The number of anilines is 1. The third-order valence-electron chi connectivity index (χ3n) is 5.43. The predicted molar refractivity (Wildman–Crippen MR) is 103 cm³/mol. The highest BCUT2D eigenvalue weighted by atomic mass is 19.1. The summed E-state index contributed by atoms with van der Waals surface area (Å²) in [6.07, 6.45) is 0.238. The van der Waals surface area contributed by atoms with E-state index in [1.54, 1.807) is 10.6 Å². The first-order valence-electron chi connectivity index (χ1n) is 9.38. The Morgan fingerprint density at radius 1 is 1.33 bits per heavy atom. The Kier molecular flexibility index (Phi) is 4.87. The van der Waals surface area contributed by atoms with Gasteiger partial charge in [-0.1, -0.05) is 6.07 Å². The molecule has 1 unspecified atom stereocenters. The van der Waals surface area contributed by atoms with Crippen molar-refractivity contribution in [3.63, 3.8) is 0 Å². The van der Waals surface area contributed by atoms with Crippen molar-refractivity contribution in [3.8, 4) is 0 Å². The molecule has 2 aliphatic heterocycles. The average Bonchev–Trinajstić information content (AvgIpc) is 3.43. The van der Waals surface area contributed by atoms with E-state index in [9.17, 15) is 9.50 Å². The molecule has 0 saturated carbocycles. The molecule has 30 heavy (non-hydrogen) atoms. The van der Waals surface area contributed by atoms with E-state index in [-0.39, 0.29) is 24.8 Å². The topological polar surface area (TPSA) is 127 Å². The fourth-order valence-corrected chi connectivity index (χ4v) is 3.99. The lowest BCUT2D eigenvalue weighted by molar-refractivity contribution is -0.0583. The summed E-state index contributed by atoms with van der Waals surface area (Å²) in [5.74, 6) is -0.0843. The maximum Gasteiger partial charge on any atom is 0.494 e. The van der Waals surface area contributed by atoms with Crippen LogP contribution in [0.2, 0.25) is 0 Å². The molecule has 3 N–H and O–H groups in total. The standard InChI is InChI=1S/C18H19BFN5O5/c1-27-15-14(30-19-11-3-2-10(20)4-9(11)6-28-19)12(5-26)29-18(15)25-8-24-13-16(21)22-7-23-17(13)25/h2-4,7-8,12,14-15,18,26H,5-6H2,1H3,(H2,21,22,23)/t12-,14?,15+,18-/m1/s1. The van der Waals surface area contributed by atoms with Crippen molar-refractivity contribution in [2.24, 2.45) is 0 Å². The molecule has 156 valence electrons. The predicted octanol–water partition coefficient (Wildman–Crippen LogP) is -0.237. The zero-order chi connectivity index (χ0) is 20.8. The molecule has 2 aromatic heterocycles. The molecule has 4 atom stereocenters. The molecular formula is C18H19BFN5O5. The largest absolute Gasteiger partial charge is 0.494 e. The summed E-state index contributed by atoms with van der Waals surface area (Å²) in [5.41, 5.74) is 8.25. The third-order valence-corrected chi connectivity index (χ3v) is 5.43. The van der Waals surface area contributed by atoms with Crippen molar-refractivity contribution >= 4 is 29.6 Å². The number of halogens is 1. The number of nitrogen functional groups attached to an aromatic ring is 1. The Labute approximate surface area is 170 Å². The molecule has 0 bridgehead atoms. The van der Waals surface area contributed by atoms with Crippen molar-refractivity contribution < 1.29 is 28.3 Å². The highest BCUT2D eigenvalue weighted by molar-refractivity contribution is 6.62. The van der Waals surface area contributed by atoms with Gasteiger partial charge in [0, 0.05) is 7.11 Å². The van der Waals surface area contributed by atoms with Crippen LogP contribution < -0.4 is 11.2 Å². The highest BCUT2D eigenvalue weighted by Crippen LogP contribution is 2.36. The van der Waals surface area contributed by atoms with E-state index >= 15 is 0 Å². The number of fused-ring (bicyclic) bond motifs is 2. The van der Waals surface area contributed by atoms with Crippen LogP contribution in [0.15, 0.2) is 30.9 Å². The number of nitrogens with two attached hydrogens (primary N) is 1. The van der Waals surface area contributed by atoms with Gasteiger partial charge in [-0.3, -0.25) is 4.57 Å². The molecule has 12 heteroatoms. The van der Waals surface area contributed by atoms with Gasteiger partial charge in [0.15, 0.2) is 17.7 Å². The van der Waals surface area contributed by atoms with Gasteiger partial charge in [-0.15, -0.1) is 0 Å². The van der Waals surface area contributed by atoms with Crippen molar-refractivity contribution in [2.45, 2.75) is 31.1 Å². The van der Waals surface area contributed by atoms with Gasteiger partial charge in [-0.05, 0) is 23.2 Å². The highest BCUT2D eigenvalue weighted by Gasteiger charge is 2.49. The Morgan fingerprint density at radius 3 is 3.00 bits per heavy atom. The van der Waals surface area contributed by atoms with E-state index < -0.39 is 31.7 Å². The van der Waals surface area contributed by atoms with E-state index in [0.29, 0.717) is 11.2 Å². The van der Waals surface area contributed by atoms with E-state index in [0.717, 1.165) is 11.0 Å². The molecule has 2 aliphatic rings. The summed E-state index contributed by atoms with van der Waals surface area (Å²) in [7, 11) is 0.801. The smallest absolute Gasteiger partial charge is 0.403 e. The van der Waals surface area contributed by atoms with Gasteiger partial charge in [0.25, 0.3) is 0 Å². The molecule has 5 rings (SSSR count). The SMILES string of the molecule is CO[C@H]1C(OB2OCc3cc(F)ccc32)[C@@H](CO)O[C@H]1n1cnc2c(N)ncnc21. The number of aliphatic hydroxyl groups is 1. The number of benzene rings is 1. The lowest BCUT2D eigenvalue weighted by atomic mass is 9.78. The van der Waals surface area contributed by atoms with Gasteiger partial charge in [-0.2, -0.15) is 0 Å². The second-order valence-corrected chi connectivity index (χ2v) is 7.12. The minimum absolute atomic E-state index is 0.235. The molecular weight excluding hydrogens is 396 g/mol. The summed E-state index contributed by atoms with van der Waals surface area (Å²) < 4.78 is 38.8. The van der Waals surface area contributed by atoms with Gasteiger partial charge in [-0.25, -0.2) is 19.3 Å². The fourth-order valence-electron chi connectivity index (χ4n) is 3.99. The summed E-state index contributed by atoms with van der Waals surface area (Å²) in [5, 5.41) is 9.91. The summed E-state index contributed by atoms with van der Waals surface area (Å²) >= 11 is 0. The molecule has 1 saturated heterocycles. The van der Waals surface area contributed by atoms with Gasteiger partial charge < -0.3 is 29.6 Å². The number of hydrogen-bond donors (Lipinski definition) is 2. The first kappa shape index (κ1) is 19.3. The van der Waals surface area contributed by atoms with Crippen molar-refractivity contribution in [2.75, 3.05) is 19.5 Å². The number of rotatable bonds is 5. The fraction of sp³-hybridized carbons (Fsp3) is 0.389. The second-order valence-electron chi connectivity index (χ2n) is 7.12. The quantitative estimate of drug-likeness (QED) is 0.543. The minimum atomic E-state index is -0.725. The molecule has 0 aliphatic carbocycles. The number of aromatic nitrogens is 4. The van der Waals surface area contributed by atoms with Crippen molar-refractivity contribution in [3.05, 3.63) is 42.2 Å². The number of imidazole rings is 1. The van der Waals surface area contributed by atoms with E-state index in [1.165, 1.54) is 31.9 Å². The maximum atomic E-state index is 13.5. The van der Waals surface area contributed by atoms with Gasteiger partial charge >= 0.3 is 7.12 Å². The Balaban J connectivity index is 1.45. The van der Waals surface area contributed by atoms with E-state index in [4.69, 9.17) is 24.5 Å². The Morgan fingerprint density at radius 2 is 2.20 bits per heavy atom. The van der Waals surface area contributed by atoms with Crippen LogP contribution in [0.25, 0.3) is 11.2 Å². The zero-order valence-corrected chi connectivity index (χ0v) is 16.0. The molecule has 1 fully saturated rings. The van der Waals surface area contributed by atoms with Crippen LogP contribution in [-0.2, 0) is 25.4 Å². The third kappa shape index (κ3) is 3.04. The zero-order valence-electron chi connectivity index (χ0n) is 16.0. The summed E-state index contributed by atoms with van der Waals surface area (Å²) in [6, 6.07) is 4.41. The minimum Gasteiger partial charge on any atom is -0.403 e. The number of hydrogen-bond acceptors (Lipinski definition) is 9. The van der Waals surface area contributed by atoms with Gasteiger partial charge in [0.2, 0.25) is 0 Å². The number of aliphatic hydroxyl groups excluding tert-OH is 1. The van der Waals surface area contributed by atoms with Crippen LogP contribution in [0, 0.1) is 5.82 Å². The number of nitrogens with zero attached hydrogens (tertiary/aromatic N) is 4. The average molecular weight is 415 g/mol. The molecule has 0 radical (unpaired) electrons. The molecule has 0 spiro atoms. The van der Waals surface area contributed by atoms with Crippen LogP contribution in [0.4, 0.5) is 10.2 Å². The van der Waals surface area contributed by atoms with Crippen LogP contribution in [0.5, 0.6) is 0 Å². The van der Waals surface area contributed by atoms with Gasteiger partial charge in [0.05, 0.1) is 19.5 Å². The van der Waals surface area contributed by atoms with Gasteiger partial charge in [0.1, 0.15) is 36.0 Å². The Bertz CT molecular complexity index is 1080. The van der Waals surface area contributed by atoms with E-state index in [2.05, 4.69) is 15.0 Å². The lowest BCUT2D eigenvalue weighted by Gasteiger charge is -2.25. The molecule has 1 aromatic carbocycles. The first-order valence-corrected chi connectivity index (χ1v) is 9.38. The first-order chi connectivity index (χ1) is 14.6. The summed E-state index contributed by atoms with van der Waals surface area (Å²) in [6.45, 7) is -0.0632. The maximum absolute atomic E-state index is 13.5. The normalized spacial score (nSPS) is 25.9. The number of ether oxygens (including phenoxy) is 2. The van der Waals surface area contributed by atoms with E-state index in [1.807, 2.05) is 0 Å². The number of methoxy groups -OCH3 is 1. The summed E-state index contributed by atoms with van der Waals surface area (Å²) in [4.78, 5) is 12.4. The van der Waals surface area contributed by atoms with Crippen LogP contribution in [-0.4, -0.2) is 63.8 Å². The lowest BCUT2D eigenvalue weighted by Crippen LogP contribution is -2.45.